The molecule has 1 saturated carbocycles. The van der Waals surface area contributed by atoms with Gasteiger partial charge in [0, 0.05) is 13.1 Å². The summed E-state index contributed by atoms with van der Waals surface area (Å²) in [4.78, 5) is 24.8. The number of amides is 2. The summed E-state index contributed by atoms with van der Waals surface area (Å²) >= 11 is 0. The SMILES string of the molecule is CN(CC(=O)NC1CC1)C(=O)COc1ccc(C#N)cc1. The summed E-state index contributed by atoms with van der Waals surface area (Å²) in [5.41, 5.74) is 0.530. The number of ether oxygens (including phenoxy) is 1. The standard InChI is InChI=1S/C15H17N3O3/c1-18(9-14(19)17-12-4-5-12)15(20)10-21-13-6-2-11(8-16)3-7-13/h2-3,6-7,12H,4-5,9-10H2,1H3,(H,17,19). The van der Waals surface area contributed by atoms with Crippen molar-refractivity contribution >= 4 is 11.8 Å². The van der Waals surface area contributed by atoms with Crippen LogP contribution in [-0.4, -0.2) is 43.0 Å². The first kappa shape index (κ1) is 14.9. The van der Waals surface area contributed by atoms with E-state index in [0.29, 0.717) is 11.3 Å². The second-order valence-electron chi connectivity index (χ2n) is 5.02. The van der Waals surface area contributed by atoms with Gasteiger partial charge in [-0.1, -0.05) is 0 Å². The molecule has 6 heteroatoms. The molecule has 0 atom stereocenters. The molecule has 21 heavy (non-hydrogen) atoms. The van der Waals surface area contributed by atoms with Gasteiger partial charge < -0.3 is 15.0 Å². The van der Waals surface area contributed by atoms with Crippen molar-refractivity contribution in [3.05, 3.63) is 29.8 Å². The lowest BCUT2D eigenvalue weighted by atomic mass is 10.2. The molecular weight excluding hydrogens is 270 g/mol. The summed E-state index contributed by atoms with van der Waals surface area (Å²) in [5, 5.41) is 11.5. The first-order valence-electron chi connectivity index (χ1n) is 6.75. The van der Waals surface area contributed by atoms with Gasteiger partial charge in [-0.2, -0.15) is 5.26 Å². The van der Waals surface area contributed by atoms with Gasteiger partial charge >= 0.3 is 0 Å². The molecule has 110 valence electrons. The van der Waals surface area contributed by atoms with Gasteiger partial charge in [0.15, 0.2) is 6.61 Å². The van der Waals surface area contributed by atoms with Gasteiger partial charge in [0.25, 0.3) is 5.91 Å². The Bertz CT molecular complexity index is 559. The average molecular weight is 287 g/mol. The van der Waals surface area contributed by atoms with Gasteiger partial charge in [-0.25, -0.2) is 0 Å². The molecule has 1 aromatic carbocycles. The molecule has 2 amide bonds. The lowest BCUT2D eigenvalue weighted by molar-refractivity contribution is -0.136. The van der Waals surface area contributed by atoms with Crippen molar-refractivity contribution in [3.63, 3.8) is 0 Å². The quantitative estimate of drug-likeness (QED) is 0.834. The third kappa shape index (κ3) is 4.80. The Balaban J connectivity index is 1.74. The zero-order valence-electron chi connectivity index (χ0n) is 11.8. The lowest BCUT2D eigenvalue weighted by Crippen LogP contribution is -2.40. The Morgan fingerprint density at radius 3 is 2.62 bits per heavy atom. The number of carbonyl (C=O) groups excluding carboxylic acids is 2. The van der Waals surface area contributed by atoms with Gasteiger partial charge in [0.1, 0.15) is 5.75 Å². The normalized spacial score (nSPS) is 13.1. The fraction of sp³-hybridized carbons (Fsp3) is 0.400. The molecule has 1 aliphatic rings. The minimum atomic E-state index is -0.273. The van der Waals surface area contributed by atoms with Crippen molar-refractivity contribution in [2.75, 3.05) is 20.2 Å². The molecule has 0 aromatic heterocycles. The zero-order valence-corrected chi connectivity index (χ0v) is 11.8. The molecule has 0 saturated heterocycles. The van der Waals surface area contributed by atoms with E-state index in [0.717, 1.165) is 12.8 Å². The van der Waals surface area contributed by atoms with Crippen LogP contribution in [-0.2, 0) is 9.59 Å². The molecule has 0 spiro atoms. The van der Waals surface area contributed by atoms with Crippen LogP contribution in [0.2, 0.25) is 0 Å². The van der Waals surface area contributed by atoms with Crippen molar-refractivity contribution in [2.45, 2.75) is 18.9 Å². The van der Waals surface area contributed by atoms with Crippen LogP contribution >= 0.6 is 0 Å². The van der Waals surface area contributed by atoms with E-state index in [1.54, 1.807) is 31.3 Å². The molecule has 0 unspecified atom stereocenters. The fourth-order valence-corrected chi connectivity index (χ4v) is 1.69. The minimum absolute atomic E-state index is 0.0338. The Morgan fingerprint density at radius 1 is 1.38 bits per heavy atom. The summed E-state index contributed by atoms with van der Waals surface area (Å²) in [6.07, 6.45) is 2.04. The number of carbonyl (C=O) groups is 2. The molecule has 0 bridgehead atoms. The first-order chi connectivity index (χ1) is 10.1. The number of nitrogens with zero attached hydrogens (tertiary/aromatic N) is 2. The maximum atomic E-state index is 11.8. The monoisotopic (exact) mass is 287 g/mol. The van der Waals surface area contributed by atoms with E-state index in [1.807, 2.05) is 6.07 Å². The van der Waals surface area contributed by atoms with Crippen molar-refractivity contribution in [3.8, 4) is 11.8 Å². The molecular formula is C15H17N3O3. The number of benzene rings is 1. The lowest BCUT2D eigenvalue weighted by Gasteiger charge is -2.17. The predicted molar refractivity (Wildman–Crippen MR) is 75.5 cm³/mol. The minimum Gasteiger partial charge on any atom is -0.484 e. The van der Waals surface area contributed by atoms with Gasteiger partial charge in [0.05, 0.1) is 18.2 Å². The molecule has 1 aliphatic carbocycles. The van der Waals surface area contributed by atoms with E-state index >= 15 is 0 Å². The number of likely N-dealkylation sites (N-methyl/N-ethyl adjacent to an activating group) is 1. The van der Waals surface area contributed by atoms with Crippen LogP contribution in [0.15, 0.2) is 24.3 Å². The Morgan fingerprint density at radius 2 is 2.05 bits per heavy atom. The van der Waals surface area contributed by atoms with Crippen molar-refractivity contribution < 1.29 is 14.3 Å². The average Bonchev–Trinajstić information content (AvgIpc) is 3.28. The van der Waals surface area contributed by atoms with Gasteiger partial charge in [-0.3, -0.25) is 9.59 Å². The van der Waals surface area contributed by atoms with Crippen LogP contribution in [0, 0.1) is 11.3 Å². The van der Waals surface area contributed by atoms with Crippen molar-refractivity contribution in [1.82, 2.24) is 10.2 Å². The van der Waals surface area contributed by atoms with Crippen LogP contribution in [0.4, 0.5) is 0 Å². The van der Waals surface area contributed by atoms with E-state index in [2.05, 4.69) is 5.32 Å². The van der Waals surface area contributed by atoms with Gasteiger partial charge in [-0.15, -0.1) is 0 Å². The number of hydrogen-bond acceptors (Lipinski definition) is 4. The summed E-state index contributed by atoms with van der Waals surface area (Å²) in [6, 6.07) is 8.79. The second kappa shape index (κ2) is 6.75. The molecule has 6 nitrogen and oxygen atoms in total. The smallest absolute Gasteiger partial charge is 0.260 e. The van der Waals surface area contributed by atoms with Crippen LogP contribution < -0.4 is 10.1 Å². The predicted octanol–water partition coefficient (Wildman–Crippen LogP) is 0.674. The molecule has 1 aromatic rings. The third-order valence-electron chi connectivity index (χ3n) is 3.09. The third-order valence-corrected chi connectivity index (χ3v) is 3.09. The van der Waals surface area contributed by atoms with Crippen LogP contribution in [0.25, 0.3) is 0 Å². The summed E-state index contributed by atoms with van der Waals surface area (Å²) in [5.74, 6) is 0.0928. The molecule has 0 aliphatic heterocycles. The molecule has 0 radical (unpaired) electrons. The second-order valence-corrected chi connectivity index (χ2v) is 5.02. The highest BCUT2D eigenvalue weighted by Crippen LogP contribution is 2.18. The molecule has 1 fully saturated rings. The number of hydrogen-bond donors (Lipinski definition) is 1. The summed E-state index contributed by atoms with van der Waals surface area (Å²) in [7, 11) is 1.57. The maximum Gasteiger partial charge on any atom is 0.260 e. The van der Waals surface area contributed by atoms with Crippen LogP contribution in [0.3, 0.4) is 0 Å². The van der Waals surface area contributed by atoms with Crippen molar-refractivity contribution in [1.29, 1.82) is 5.26 Å². The van der Waals surface area contributed by atoms with Crippen LogP contribution in [0.1, 0.15) is 18.4 Å². The van der Waals surface area contributed by atoms with E-state index in [-0.39, 0.29) is 31.0 Å². The van der Waals surface area contributed by atoms with Crippen LogP contribution in [0.5, 0.6) is 5.75 Å². The van der Waals surface area contributed by atoms with Crippen molar-refractivity contribution in [2.24, 2.45) is 0 Å². The van der Waals surface area contributed by atoms with Gasteiger partial charge in [0.2, 0.25) is 5.91 Å². The highest BCUT2D eigenvalue weighted by atomic mass is 16.5. The summed E-state index contributed by atoms with van der Waals surface area (Å²) < 4.78 is 5.33. The maximum absolute atomic E-state index is 11.8. The van der Waals surface area contributed by atoms with E-state index in [4.69, 9.17) is 10.00 Å². The summed E-state index contributed by atoms with van der Waals surface area (Å²) in [6.45, 7) is -0.106. The van der Waals surface area contributed by atoms with E-state index < -0.39 is 0 Å². The largest absolute Gasteiger partial charge is 0.484 e. The topological polar surface area (TPSA) is 82.4 Å². The highest BCUT2D eigenvalue weighted by Gasteiger charge is 2.24. The number of nitriles is 1. The Hall–Kier alpha value is -2.55. The number of rotatable bonds is 6. The molecule has 1 N–H and O–H groups in total. The fourth-order valence-electron chi connectivity index (χ4n) is 1.69. The van der Waals surface area contributed by atoms with E-state index in [9.17, 15) is 9.59 Å². The Kier molecular flexibility index (Phi) is 4.77. The highest BCUT2D eigenvalue weighted by molar-refractivity contribution is 5.85. The molecule has 0 heterocycles. The number of nitrogens with one attached hydrogen (secondary N) is 1. The van der Waals surface area contributed by atoms with Gasteiger partial charge in [-0.05, 0) is 37.1 Å². The zero-order chi connectivity index (χ0) is 15.2. The Labute approximate surface area is 123 Å². The molecule has 2 rings (SSSR count). The van der Waals surface area contributed by atoms with E-state index in [1.165, 1.54) is 4.90 Å². The first-order valence-corrected chi connectivity index (χ1v) is 6.75.